The fourth-order valence-electron chi connectivity index (χ4n) is 1.43. The Morgan fingerprint density at radius 3 is 2.73 bits per heavy atom. The lowest BCUT2D eigenvalue weighted by Crippen LogP contribution is -1.90. The molecule has 0 aliphatic carbocycles. The van der Waals surface area contributed by atoms with Crippen molar-refractivity contribution in [3.63, 3.8) is 0 Å². The normalized spacial score (nSPS) is 9.60. The van der Waals surface area contributed by atoms with Crippen molar-refractivity contribution in [3.05, 3.63) is 47.9 Å². The van der Waals surface area contributed by atoms with Crippen LogP contribution >= 0.6 is 0 Å². The van der Waals surface area contributed by atoms with Crippen LogP contribution in [0.2, 0.25) is 0 Å². The first-order valence-electron chi connectivity index (χ1n) is 4.59. The molecule has 1 aromatic carbocycles. The highest BCUT2D eigenvalue weighted by Gasteiger charge is 2.03. The van der Waals surface area contributed by atoms with Crippen LogP contribution in [0.5, 0.6) is 0 Å². The van der Waals surface area contributed by atoms with Crippen LogP contribution in [-0.4, -0.2) is 9.97 Å². The van der Waals surface area contributed by atoms with Gasteiger partial charge >= 0.3 is 0 Å². The minimum Gasteiger partial charge on any atom is -0.236 e. The van der Waals surface area contributed by atoms with Crippen molar-refractivity contribution >= 4 is 0 Å². The predicted molar refractivity (Wildman–Crippen MR) is 56.9 cm³/mol. The lowest BCUT2D eigenvalue weighted by atomic mass is 10.1. The molecular formula is C12H9N3. The fraction of sp³-hybridized carbons (Fsp3) is 0.0833. The minimum atomic E-state index is 0.392. The highest BCUT2D eigenvalue weighted by atomic mass is 14.8. The summed E-state index contributed by atoms with van der Waals surface area (Å²) in [6.45, 7) is 2.02. The second kappa shape index (κ2) is 3.89. The number of nitriles is 1. The summed E-state index contributed by atoms with van der Waals surface area (Å²) in [6.07, 6.45) is 1.42. The largest absolute Gasteiger partial charge is 0.236 e. The van der Waals surface area contributed by atoms with Gasteiger partial charge in [0, 0.05) is 11.6 Å². The highest BCUT2D eigenvalue weighted by molar-refractivity contribution is 5.63. The molecule has 2 aromatic rings. The van der Waals surface area contributed by atoms with Crippen LogP contribution in [0.25, 0.3) is 11.3 Å². The molecule has 0 aliphatic heterocycles. The summed E-state index contributed by atoms with van der Waals surface area (Å²) >= 11 is 0. The Balaban J connectivity index is 2.55. The maximum atomic E-state index is 8.74. The lowest BCUT2D eigenvalue weighted by Gasteiger charge is -2.03. The van der Waals surface area contributed by atoms with Crippen LogP contribution < -0.4 is 0 Å². The second-order valence-electron chi connectivity index (χ2n) is 3.22. The first kappa shape index (κ1) is 9.35. The number of nitrogens with zero attached hydrogens (tertiary/aromatic N) is 3. The molecule has 2 rings (SSSR count). The molecule has 0 N–H and O–H groups in total. The summed E-state index contributed by atoms with van der Waals surface area (Å²) in [4.78, 5) is 8.00. The Labute approximate surface area is 88.1 Å². The number of hydrogen-bond donors (Lipinski definition) is 0. The van der Waals surface area contributed by atoms with E-state index in [0.717, 1.165) is 16.8 Å². The zero-order valence-electron chi connectivity index (χ0n) is 8.31. The Morgan fingerprint density at radius 1 is 1.20 bits per heavy atom. The highest BCUT2D eigenvalue weighted by Crippen LogP contribution is 2.20. The number of aryl methyl sites for hydroxylation is 1. The monoisotopic (exact) mass is 195 g/mol. The van der Waals surface area contributed by atoms with Crippen molar-refractivity contribution in [2.45, 2.75) is 6.92 Å². The maximum absolute atomic E-state index is 8.74. The van der Waals surface area contributed by atoms with Crippen LogP contribution in [0, 0.1) is 18.3 Å². The number of aromatic nitrogens is 2. The molecule has 0 unspecified atom stereocenters. The van der Waals surface area contributed by atoms with E-state index in [1.54, 1.807) is 6.07 Å². The van der Waals surface area contributed by atoms with Gasteiger partial charge in [-0.25, -0.2) is 9.97 Å². The van der Waals surface area contributed by atoms with Gasteiger partial charge in [0.2, 0.25) is 0 Å². The molecule has 0 bridgehead atoms. The first-order valence-corrected chi connectivity index (χ1v) is 4.59. The average molecular weight is 195 g/mol. The number of hydrogen-bond acceptors (Lipinski definition) is 3. The quantitative estimate of drug-likeness (QED) is 0.701. The van der Waals surface area contributed by atoms with E-state index in [1.807, 2.05) is 37.3 Å². The van der Waals surface area contributed by atoms with Crippen molar-refractivity contribution in [1.29, 1.82) is 5.26 Å². The molecule has 0 radical (unpaired) electrons. The van der Waals surface area contributed by atoms with Crippen molar-refractivity contribution < 1.29 is 0 Å². The van der Waals surface area contributed by atoms with Gasteiger partial charge in [-0.15, -0.1) is 0 Å². The summed E-state index contributed by atoms with van der Waals surface area (Å²) in [6, 6.07) is 11.6. The van der Waals surface area contributed by atoms with E-state index in [0.29, 0.717) is 5.69 Å². The van der Waals surface area contributed by atoms with Gasteiger partial charge in [0.1, 0.15) is 18.1 Å². The SMILES string of the molecule is Cc1ccccc1-c1cc(C#N)ncn1. The predicted octanol–water partition coefficient (Wildman–Crippen LogP) is 2.32. The minimum absolute atomic E-state index is 0.392. The van der Waals surface area contributed by atoms with Gasteiger partial charge in [-0.05, 0) is 12.5 Å². The van der Waals surface area contributed by atoms with Gasteiger partial charge in [-0.3, -0.25) is 0 Å². The lowest BCUT2D eigenvalue weighted by molar-refractivity contribution is 1.14. The summed E-state index contributed by atoms with van der Waals surface area (Å²) in [5, 5.41) is 8.74. The van der Waals surface area contributed by atoms with E-state index in [1.165, 1.54) is 6.33 Å². The Bertz CT molecular complexity index is 526. The molecule has 15 heavy (non-hydrogen) atoms. The summed E-state index contributed by atoms with van der Waals surface area (Å²) in [5.74, 6) is 0. The van der Waals surface area contributed by atoms with E-state index < -0.39 is 0 Å². The summed E-state index contributed by atoms with van der Waals surface area (Å²) < 4.78 is 0. The molecule has 0 atom stereocenters. The standard InChI is InChI=1S/C12H9N3/c1-9-4-2-3-5-11(9)12-6-10(7-13)14-8-15-12/h2-6,8H,1H3. The Kier molecular flexibility index (Phi) is 2.42. The van der Waals surface area contributed by atoms with Gasteiger partial charge in [0.05, 0.1) is 5.69 Å². The van der Waals surface area contributed by atoms with Gasteiger partial charge in [0.25, 0.3) is 0 Å². The third kappa shape index (κ3) is 1.84. The Morgan fingerprint density at radius 2 is 2.00 bits per heavy atom. The van der Waals surface area contributed by atoms with E-state index in [9.17, 15) is 0 Å². The molecule has 1 aromatic heterocycles. The molecule has 0 spiro atoms. The molecule has 3 heteroatoms. The molecule has 72 valence electrons. The molecule has 0 aliphatic rings. The fourth-order valence-corrected chi connectivity index (χ4v) is 1.43. The van der Waals surface area contributed by atoms with Crippen LogP contribution in [0.3, 0.4) is 0 Å². The van der Waals surface area contributed by atoms with E-state index in [4.69, 9.17) is 5.26 Å². The zero-order chi connectivity index (χ0) is 10.7. The zero-order valence-corrected chi connectivity index (χ0v) is 8.31. The van der Waals surface area contributed by atoms with Crippen molar-refractivity contribution in [3.8, 4) is 17.3 Å². The third-order valence-corrected chi connectivity index (χ3v) is 2.20. The number of rotatable bonds is 1. The molecule has 0 saturated carbocycles. The summed E-state index contributed by atoms with van der Waals surface area (Å²) in [7, 11) is 0. The summed E-state index contributed by atoms with van der Waals surface area (Å²) in [5.41, 5.74) is 3.36. The topological polar surface area (TPSA) is 49.6 Å². The van der Waals surface area contributed by atoms with Crippen LogP contribution in [0.15, 0.2) is 36.7 Å². The van der Waals surface area contributed by atoms with Gasteiger partial charge < -0.3 is 0 Å². The van der Waals surface area contributed by atoms with Gasteiger partial charge in [-0.1, -0.05) is 24.3 Å². The first-order chi connectivity index (χ1) is 7.31. The van der Waals surface area contributed by atoms with Crippen molar-refractivity contribution in [2.75, 3.05) is 0 Å². The molecule has 0 fully saturated rings. The van der Waals surface area contributed by atoms with Crippen LogP contribution in [0.1, 0.15) is 11.3 Å². The molecule has 3 nitrogen and oxygen atoms in total. The third-order valence-electron chi connectivity index (χ3n) is 2.20. The second-order valence-corrected chi connectivity index (χ2v) is 3.22. The van der Waals surface area contributed by atoms with E-state index in [2.05, 4.69) is 9.97 Å². The number of benzene rings is 1. The van der Waals surface area contributed by atoms with E-state index >= 15 is 0 Å². The molecule has 0 saturated heterocycles. The van der Waals surface area contributed by atoms with Crippen LogP contribution in [-0.2, 0) is 0 Å². The smallest absolute Gasteiger partial charge is 0.144 e. The van der Waals surface area contributed by atoms with Crippen molar-refractivity contribution in [1.82, 2.24) is 9.97 Å². The van der Waals surface area contributed by atoms with Crippen LogP contribution in [0.4, 0.5) is 0 Å². The molecule has 1 heterocycles. The maximum Gasteiger partial charge on any atom is 0.144 e. The van der Waals surface area contributed by atoms with Gasteiger partial charge in [-0.2, -0.15) is 5.26 Å². The molecule has 0 amide bonds. The molecular weight excluding hydrogens is 186 g/mol. The Hall–Kier alpha value is -2.21. The van der Waals surface area contributed by atoms with E-state index in [-0.39, 0.29) is 0 Å². The van der Waals surface area contributed by atoms with Crippen molar-refractivity contribution in [2.24, 2.45) is 0 Å². The van der Waals surface area contributed by atoms with Gasteiger partial charge in [0.15, 0.2) is 0 Å². The average Bonchev–Trinajstić information content (AvgIpc) is 2.30.